The molecule has 0 spiro atoms. The van der Waals surface area contributed by atoms with E-state index in [1.807, 2.05) is 30.8 Å². The third-order valence-corrected chi connectivity index (χ3v) is 3.97. The van der Waals surface area contributed by atoms with Gasteiger partial charge < -0.3 is 0 Å². The van der Waals surface area contributed by atoms with Crippen molar-refractivity contribution in [3.8, 4) is 0 Å². The Hall–Kier alpha value is -0.760. The van der Waals surface area contributed by atoms with Crippen molar-refractivity contribution in [3.05, 3.63) is 34.9 Å². The fourth-order valence-electron chi connectivity index (χ4n) is 1.80. The van der Waals surface area contributed by atoms with Crippen molar-refractivity contribution in [2.24, 2.45) is 5.92 Å². The van der Waals surface area contributed by atoms with E-state index in [1.54, 1.807) is 0 Å². The van der Waals surface area contributed by atoms with Crippen LogP contribution >= 0.6 is 11.8 Å². The van der Waals surface area contributed by atoms with Gasteiger partial charge in [0, 0.05) is 23.0 Å². The van der Waals surface area contributed by atoms with Crippen LogP contribution in [0.25, 0.3) is 0 Å². The lowest BCUT2D eigenvalue weighted by Gasteiger charge is -2.08. The number of thioether (sulfide) groups is 1. The summed E-state index contributed by atoms with van der Waals surface area (Å²) >= 11 is 1.86. The molecule has 1 aromatic rings. The molecule has 1 aromatic carbocycles. The quantitative estimate of drug-likeness (QED) is 0.649. The van der Waals surface area contributed by atoms with Gasteiger partial charge in [-0.25, -0.2) is 0 Å². The monoisotopic (exact) mass is 206 g/mol. The van der Waals surface area contributed by atoms with E-state index >= 15 is 0 Å². The zero-order valence-corrected chi connectivity index (χ0v) is 9.36. The summed E-state index contributed by atoms with van der Waals surface area (Å²) in [6.07, 6.45) is 0. The summed E-state index contributed by atoms with van der Waals surface area (Å²) < 4.78 is 0. The lowest BCUT2D eigenvalue weighted by molar-refractivity contribution is 0.0942. The predicted octanol–water partition coefficient (Wildman–Crippen LogP) is 3.06. The van der Waals surface area contributed by atoms with Crippen LogP contribution in [0, 0.1) is 12.8 Å². The van der Waals surface area contributed by atoms with Crippen LogP contribution in [0.15, 0.2) is 18.2 Å². The molecular weight excluding hydrogens is 192 g/mol. The number of fused-ring (bicyclic) bond motifs is 1. The van der Waals surface area contributed by atoms with Gasteiger partial charge in [0.05, 0.1) is 0 Å². The highest BCUT2D eigenvalue weighted by atomic mass is 32.2. The highest BCUT2D eigenvalue weighted by Gasteiger charge is 2.22. The smallest absolute Gasteiger partial charge is 0.166 e. The second-order valence-electron chi connectivity index (χ2n) is 3.88. The Morgan fingerprint density at radius 2 is 2.21 bits per heavy atom. The summed E-state index contributed by atoms with van der Waals surface area (Å²) in [7, 11) is 0. The average molecular weight is 206 g/mol. The van der Waals surface area contributed by atoms with Crippen LogP contribution in [0.2, 0.25) is 0 Å². The van der Waals surface area contributed by atoms with Gasteiger partial charge in [0.2, 0.25) is 0 Å². The van der Waals surface area contributed by atoms with Gasteiger partial charge in [0.1, 0.15) is 0 Å². The van der Waals surface area contributed by atoms with Crippen LogP contribution in [0.5, 0.6) is 0 Å². The molecule has 0 saturated carbocycles. The highest BCUT2D eigenvalue weighted by Crippen LogP contribution is 2.28. The molecule has 0 fully saturated rings. The number of carbonyl (C=O) groups excluding carboxylic acids is 1. The minimum absolute atomic E-state index is 0.169. The van der Waals surface area contributed by atoms with Gasteiger partial charge in [-0.15, -0.1) is 0 Å². The molecule has 0 saturated heterocycles. The second-order valence-corrected chi connectivity index (χ2v) is 4.91. The van der Waals surface area contributed by atoms with Crippen LogP contribution in [0.3, 0.4) is 0 Å². The third kappa shape index (κ3) is 1.59. The molecule has 0 bridgehead atoms. The van der Waals surface area contributed by atoms with Gasteiger partial charge in [0.25, 0.3) is 0 Å². The van der Waals surface area contributed by atoms with Crippen LogP contribution < -0.4 is 0 Å². The zero-order valence-electron chi connectivity index (χ0n) is 8.54. The van der Waals surface area contributed by atoms with Crippen molar-refractivity contribution >= 4 is 17.5 Å². The summed E-state index contributed by atoms with van der Waals surface area (Å²) in [5.41, 5.74) is 3.44. The summed E-state index contributed by atoms with van der Waals surface area (Å²) in [5.74, 6) is 2.42. The normalized spacial score (nSPS) is 21.6. The van der Waals surface area contributed by atoms with Crippen LogP contribution in [0.1, 0.15) is 28.4 Å². The SMILES string of the molecule is Cc1cccc2c1CSCC(C)C2=O. The first-order chi connectivity index (χ1) is 6.70. The molecular formula is C12H14OS. The first-order valence-electron chi connectivity index (χ1n) is 4.90. The first kappa shape index (κ1) is 9.78. The van der Waals surface area contributed by atoms with Crippen molar-refractivity contribution in [3.63, 3.8) is 0 Å². The third-order valence-electron chi connectivity index (χ3n) is 2.74. The lowest BCUT2D eigenvalue weighted by atomic mass is 9.95. The summed E-state index contributed by atoms with van der Waals surface area (Å²) in [6.45, 7) is 4.11. The molecule has 0 aromatic heterocycles. The Bertz CT molecular complexity index is 371. The van der Waals surface area contributed by atoms with Crippen molar-refractivity contribution in [2.75, 3.05) is 5.75 Å². The molecule has 1 unspecified atom stereocenters. The molecule has 0 N–H and O–H groups in total. The van der Waals surface area contributed by atoms with E-state index in [0.29, 0.717) is 5.78 Å². The Morgan fingerprint density at radius 3 is 3.00 bits per heavy atom. The molecule has 0 radical (unpaired) electrons. The van der Waals surface area contributed by atoms with Gasteiger partial charge in [-0.3, -0.25) is 4.79 Å². The van der Waals surface area contributed by atoms with E-state index in [4.69, 9.17) is 0 Å². The van der Waals surface area contributed by atoms with Crippen molar-refractivity contribution in [2.45, 2.75) is 19.6 Å². The van der Waals surface area contributed by atoms with E-state index in [9.17, 15) is 4.79 Å². The number of Topliss-reactive ketones (excluding diaryl/α,β-unsaturated/α-hetero) is 1. The molecule has 2 rings (SSSR count). The van der Waals surface area contributed by atoms with Gasteiger partial charge >= 0.3 is 0 Å². The fraction of sp³-hybridized carbons (Fsp3) is 0.417. The fourth-order valence-corrected chi connectivity index (χ4v) is 3.01. The Labute approximate surface area is 88.9 Å². The molecule has 2 heteroatoms. The Morgan fingerprint density at radius 1 is 1.43 bits per heavy atom. The molecule has 0 aliphatic carbocycles. The number of hydrogen-bond acceptors (Lipinski definition) is 2. The summed E-state index contributed by atoms with van der Waals surface area (Å²) in [6, 6.07) is 6.03. The highest BCUT2D eigenvalue weighted by molar-refractivity contribution is 7.98. The molecule has 1 nitrogen and oxygen atoms in total. The maximum atomic E-state index is 12.0. The molecule has 1 atom stereocenters. The molecule has 0 amide bonds. The molecule has 1 heterocycles. The number of hydrogen-bond donors (Lipinski definition) is 0. The molecule has 14 heavy (non-hydrogen) atoms. The van der Waals surface area contributed by atoms with Crippen molar-refractivity contribution < 1.29 is 4.79 Å². The Kier molecular flexibility index (Phi) is 2.64. The number of benzene rings is 1. The van der Waals surface area contributed by atoms with Crippen LogP contribution in [-0.2, 0) is 5.75 Å². The maximum absolute atomic E-state index is 12.0. The first-order valence-corrected chi connectivity index (χ1v) is 6.06. The second kappa shape index (κ2) is 3.77. The van der Waals surface area contributed by atoms with E-state index in [2.05, 4.69) is 13.0 Å². The van der Waals surface area contributed by atoms with E-state index in [0.717, 1.165) is 17.1 Å². The number of aryl methyl sites for hydroxylation is 1. The topological polar surface area (TPSA) is 17.1 Å². The Balaban J connectivity index is 2.53. The maximum Gasteiger partial charge on any atom is 0.166 e. The van der Waals surface area contributed by atoms with Gasteiger partial charge in [-0.2, -0.15) is 11.8 Å². The largest absolute Gasteiger partial charge is 0.294 e. The number of carbonyl (C=O) groups is 1. The molecule has 74 valence electrons. The average Bonchev–Trinajstić information content (AvgIpc) is 2.31. The predicted molar refractivity (Wildman–Crippen MR) is 60.8 cm³/mol. The molecule has 1 aliphatic rings. The summed E-state index contributed by atoms with van der Waals surface area (Å²) in [5, 5.41) is 0. The molecule has 1 aliphatic heterocycles. The van der Waals surface area contributed by atoms with Gasteiger partial charge in [0.15, 0.2) is 5.78 Å². The standard InChI is InChI=1S/C12H14OS/c1-8-4-3-5-10-11(8)7-14-6-9(2)12(10)13/h3-5,9H,6-7H2,1-2H3. The zero-order chi connectivity index (χ0) is 10.1. The van der Waals surface area contributed by atoms with Crippen molar-refractivity contribution in [1.29, 1.82) is 0 Å². The van der Waals surface area contributed by atoms with Crippen molar-refractivity contribution in [1.82, 2.24) is 0 Å². The minimum Gasteiger partial charge on any atom is -0.294 e. The van der Waals surface area contributed by atoms with E-state index in [1.165, 1.54) is 11.1 Å². The minimum atomic E-state index is 0.169. The van der Waals surface area contributed by atoms with Crippen LogP contribution in [0.4, 0.5) is 0 Å². The van der Waals surface area contributed by atoms with Crippen LogP contribution in [-0.4, -0.2) is 11.5 Å². The van der Waals surface area contributed by atoms with E-state index in [-0.39, 0.29) is 5.92 Å². The lowest BCUT2D eigenvalue weighted by Crippen LogP contribution is -2.12. The van der Waals surface area contributed by atoms with Gasteiger partial charge in [-0.05, 0) is 18.1 Å². The van der Waals surface area contributed by atoms with Gasteiger partial charge in [-0.1, -0.05) is 25.1 Å². The summed E-state index contributed by atoms with van der Waals surface area (Å²) in [4.78, 5) is 12.0. The van der Waals surface area contributed by atoms with E-state index < -0.39 is 0 Å². The number of ketones is 1. The number of rotatable bonds is 0.